The van der Waals surface area contributed by atoms with E-state index >= 15 is 0 Å². The van der Waals surface area contributed by atoms with Gasteiger partial charge in [-0.2, -0.15) is 13.2 Å². The zero-order valence-corrected chi connectivity index (χ0v) is 15.6. The van der Waals surface area contributed by atoms with Crippen molar-refractivity contribution in [3.8, 4) is 11.5 Å². The Hall–Kier alpha value is -2.70. The average Bonchev–Trinajstić information content (AvgIpc) is 3.51. The highest BCUT2D eigenvalue weighted by Crippen LogP contribution is 2.44. The Balaban J connectivity index is 1.91. The van der Waals surface area contributed by atoms with Crippen LogP contribution >= 0.6 is 0 Å². The van der Waals surface area contributed by atoms with E-state index in [2.05, 4.69) is 4.74 Å². The zero-order valence-electron chi connectivity index (χ0n) is 15.6. The van der Waals surface area contributed by atoms with E-state index in [1.54, 1.807) is 25.1 Å². The van der Waals surface area contributed by atoms with Crippen molar-refractivity contribution in [1.29, 1.82) is 0 Å². The zero-order chi connectivity index (χ0) is 20.3. The van der Waals surface area contributed by atoms with Crippen molar-refractivity contribution in [1.82, 2.24) is 0 Å². The molecule has 1 aliphatic carbocycles. The molecule has 0 unspecified atom stereocenters. The molecule has 0 aromatic heterocycles. The van der Waals surface area contributed by atoms with Crippen LogP contribution in [0.2, 0.25) is 0 Å². The molecule has 0 bridgehead atoms. The third kappa shape index (κ3) is 4.58. The fraction of sp³-hybridized carbons (Fsp3) is 0.381. The van der Waals surface area contributed by atoms with Crippen molar-refractivity contribution in [3.05, 3.63) is 58.7 Å². The van der Waals surface area contributed by atoms with Crippen molar-refractivity contribution in [3.63, 3.8) is 0 Å². The van der Waals surface area contributed by atoms with Crippen molar-refractivity contribution < 1.29 is 32.2 Å². The largest absolute Gasteiger partial charge is 0.513 e. The number of hydrogen-bond acceptors (Lipinski definition) is 4. The molecule has 0 spiro atoms. The Kier molecular flexibility index (Phi) is 5.82. The highest BCUT2D eigenvalue weighted by Gasteiger charge is 2.35. The summed E-state index contributed by atoms with van der Waals surface area (Å²) in [7, 11) is 1.19. The van der Waals surface area contributed by atoms with Gasteiger partial charge in [0.1, 0.15) is 18.1 Å². The number of carbonyl (C=O) groups is 1. The molecule has 1 aliphatic rings. The molecule has 7 heteroatoms. The Labute approximate surface area is 161 Å². The second-order valence-electron chi connectivity index (χ2n) is 6.62. The first-order valence-corrected chi connectivity index (χ1v) is 9.04. The fourth-order valence-electron chi connectivity index (χ4n) is 3.04. The lowest BCUT2D eigenvalue weighted by molar-refractivity contribution is -0.139. The monoisotopic (exact) mass is 394 g/mol. The maximum absolute atomic E-state index is 13.4. The molecule has 0 atom stereocenters. The molecule has 0 aliphatic heterocycles. The molecule has 1 fully saturated rings. The quantitative estimate of drug-likeness (QED) is 0.454. The lowest BCUT2D eigenvalue weighted by Gasteiger charge is -2.18. The third-order valence-corrected chi connectivity index (χ3v) is 4.68. The number of alkyl halides is 3. The molecule has 0 radical (unpaired) electrons. The second-order valence-corrected chi connectivity index (χ2v) is 6.62. The van der Waals surface area contributed by atoms with Crippen LogP contribution in [0, 0.1) is 0 Å². The maximum Gasteiger partial charge on any atom is 0.513 e. The smallest absolute Gasteiger partial charge is 0.488 e. The van der Waals surface area contributed by atoms with Crippen LogP contribution in [0.4, 0.5) is 18.0 Å². The Morgan fingerprint density at radius 1 is 1.14 bits per heavy atom. The van der Waals surface area contributed by atoms with Gasteiger partial charge in [0, 0.05) is 5.56 Å². The predicted octanol–water partition coefficient (Wildman–Crippen LogP) is 5.87. The van der Waals surface area contributed by atoms with Crippen LogP contribution in [0.5, 0.6) is 11.5 Å². The van der Waals surface area contributed by atoms with Crippen molar-refractivity contribution >= 4 is 6.16 Å². The van der Waals surface area contributed by atoms with Crippen LogP contribution in [0.3, 0.4) is 0 Å². The molecular formula is C21H21F3O4. The summed E-state index contributed by atoms with van der Waals surface area (Å²) in [6, 6.07) is 9.25. The van der Waals surface area contributed by atoms with E-state index < -0.39 is 17.9 Å². The summed E-state index contributed by atoms with van der Waals surface area (Å²) in [5, 5.41) is 0. The van der Waals surface area contributed by atoms with Crippen molar-refractivity contribution in [2.45, 2.75) is 44.9 Å². The molecule has 1 saturated carbocycles. The van der Waals surface area contributed by atoms with Crippen LogP contribution in [-0.2, 0) is 23.9 Å². The van der Waals surface area contributed by atoms with Crippen molar-refractivity contribution in [2.75, 3.05) is 7.11 Å². The van der Waals surface area contributed by atoms with Gasteiger partial charge < -0.3 is 14.2 Å². The van der Waals surface area contributed by atoms with Gasteiger partial charge in [-0.15, -0.1) is 0 Å². The summed E-state index contributed by atoms with van der Waals surface area (Å²) >= 11 is 0. The fourth-order valence-corrected chi connectivity index (χ4v) is 3.04. The standard InChI is InChI=1S/C21H21F3O4/c1-3-13-7-10-19(17(11-13)21(22,23)24)27-12-16-15(14-8-9-14)5-4-6-18(16)28-20(25)26-2/h4-7,10-11,14H,3,8-9,12H2,1-2H3. The number of hydrogen-bond donors (Lipinski definition) is 0. The summed E-state index contributed by atoms with van der Waals surface area (Å²) < 4.78 is 55.6. The molecule has 0 amide bonds. The lowest BCUT2D eigenvalue weighted by Crippen LogP contribution is -2.13. The molecule has 2 aromatic rings. The van der Waals surface area contributed by atoms with E-state index in [9.17, 15) is 18.0 Å². The highest BCUT2D eigenvalue weighted by molar-refractivity contribution is 5.65. The molecule has 150 valence electrons. The highest BCUT2D eigenvalue weighted by atomic mass is 19.4. The molecule has 4 nitrogen and oxygen atoms in total. The molecule has 2 aromatic carbocycles. The normalized spacial score (nSPS) is 13.9. The van der Waals surface area contributed by atoms with E-state index in [4.69, 9.17) is 9.47 Å². The molecule has 0 saturated heterocycles. The maximum atomic E-state index is 13.4. The van der Waals surface area contributed by atoms with Gasteiger partial charge in [-0.1, -0.05) is 25.1 Å². The Bertz CT molecular complexity index is 857. The number of ether oxygens (including phenoxy) is 3. The molecule has 3 rings (SSSR count). The number of aryl methyl sites for hydroxylation is 1. The average molecular weight is 394 g/mol. The number of halogens is 3. The van der Waals surface area contributed by atoms with Gasteiger partial charge in [-0.3, -0.25) is 0 Å². The van der Waals surface area contributed by atoms with Gasteiger partial charge in [-0.05, 0) is 54.5 Å². The van der Waals surface area contributed by atoms with Crippen LogP contribution in [-0.4, -0.2) is 13.3 Å². The number of methoxy groups -OCH3 is 1. The molecular weight excluding hydrogens is 373 g/mol. The number of carbonyl (C=O) groups excluding carboxylic acids is 1. The van der Waals surface area contributed by atoms with E-state index in [-0.39, 0.29) is 18.1 Å². The third-order valence-electron chi connectivity index (χ3n) is 4.68. The van der Waals surface area contributed by atoms with E-state index in [1.165, 1.54) is 13.2 Å². The van der Waals surface area contributed by atoms with E-state index in [0.717, 1.165) is 24.5 Å². The minimum Gasteiger partial charge on any atom is -0.488 e. The van der Waals surface area contributed by atoms with Crippen LogP contribution in [0.15, 0.2) is 36.4 Å². The Morgan fingerprint density at radius 3 is 2.50 bits per heavy atom. The molecule has 0 N–H and O–H groups in total. The van der Waals surface area contributed by atoms with Gasteiger partial charge in [0.05, 0.1) is 12.7 Å². The van der Waals surface area contributed by atoms with Gasteiger partial charge in [0.25, 0.3) is 0 Å². The molecule has 28 heavy (non-hydrogen) atoms. The van der Waals surface area contributed by atoms with Gasteiger partial charge >= 0.3 is 12.3 Å². The number of benzene rings is 2. The van der Waals surface area contributed by atoms with Crippen LogP contribution in [0.1, 0.15) is 47.9 Å². The van der Waals surface area contributed by atoms with Gasteiger partial charge in [0.2, 0.25) is 0 Å². The van der Waals surface area contributed by atoms with Crippen molar-refractivity contribution in [2.24, 2.45) is 0 Å². The van der Waals surface area contributed by atoms with Gasteiger partial charge in [-0.25, -0.2) is 4.79 Å². The minimum absolute atomic E-state index is 0.145. The topological polar surface area (TPSA) is 44.8 Å². The lowest BCUT2D eigenvalue weighted by atomic mass is 10.0. The van der Waals surface area contributed by atoms with Crippen LogP contribution < -0.4 is 9.47 Å². The summed E-state index contributed by atoms with van der Waals surface area (Å²) in [6.07, 6.45) is -2.97. The van der Waals surface area contributed by atoms with Gasteiger partial charge in [0.15, 0.2) is 0 Å². The summed E-state index contributed by atoms with van der Waals surface area (Å²) in [5.41, 5.74) is 1.24. The Morgan fingerprint density at radius 2 is 1.89 bits per heavy atom. The van der Waals surface area contributed by atoms with E-state index in [1.807, 2.05) is 6.07 Å². The summed E-state index contributed by atoms with van der Waals surface area (Å²) in [6.45, 7) is 1.64. The SMILES string of the molecule is CCc1ccc(OCc2c(OC(=O)OC)cccc2C2CC2)c(C(F)(F)F)c1. The first kappa shape index (κ1) is 20.0. The predicted molar refractivity (Wildman–Crippen MR) is 96.6 cm³/mol. The second kappa shape index (κ2) is 8.12. The first-order valence-electron chi connectivity index (χ1n) is 9.04. The molecule has 0 heterocycles. The minimum atomic E-state index is -4.53. The summed E-state index contributed by atoms with van der Waals surface area (Å²) in [5.74, 6) is 0.277. The van der Waals surface area contributed by atoms with E-state index in [0.29, 0.717) is 23.5 Å². The summed E-state index contributed by atoms with van der Waals surface area (Å²) in [4.78, 5) is 11.5. The number of rotatable bonds is 6. The first-order chi connectivity index (χ1) is 13.3. The van der Waals surface area contributed by atoms with Crippen LogP contribution in [0.25, 0.3) is 0 Å².